The summed E-state index contributed by atoms with van der Waals surface area (Å²) in [4.78, 5) is 35.4. The standard InChI is InChI=1S/C18H24N2O4/c1-19-16(22)14-7-5-6-13(12-14)8-9-15(21)20-18(17(23)24)10-3-2-4-11-18/h5-7,12H,2-4,8-11H2,1H3,(H,19,22)(H,20,21)(H,23,24). The lowest BCUT2D eigenvalue weighted by Crippen LogP contribution is -2.55. The summed E-state index contributed by atoms with van der Waals surface area (Å²) in [7, 11) is 1.57. The Morgan fingerprint density at radius 3 is 2.50 bits per heavy atom. The third-order valence-electron chi connectivity index (χ3n) is 4.55. The maximum absolute atomic E-state index is 12.2. The first-order valence-corrected chi connectivity index (χ1v) is 8.32. The second-order valence-electron chi connectivity index (χ2n) is 6.28. The van der Waals surface area contributed by atoms with Crippen molar-refractivity contribution in [1.29, 1.82) is 0 Å². The molecule has 0 saturated heterocycles. The highest BCUT2D eigenvalue weighted by Crippen LogP contribution is 2.28. The number of aryl methyl sites for hydroxylation is 1. The van der Waals surface area contributed by atoms with E-state index in [1.165, 1.54) is 0 Å². The Kier molecular flexibility index (Phi) is 5.95. The molecule has 2 amide bonds. The number of hydrogen-bond acceptors (Lipinski definition) is 3. The maximum atomic E-state index is 12.2. The van der Waals surface area contributed by atoms with Gasteiger partial charge < -0.3 is 15.7 Å². The van der Waals surface area contributed by atoms with Crippen LogP contribution in [0.4, 0.5) is 0 Å². The molecule has 130 valence electrons. The Hall–Kier alpha value is -2.37. The zero-order chi connectivity index (χ0) is 17.6. The van der Waals surface area contributed by atoms with Gasteiger partial charge in [0.1, 0.15) is 5.54 Å². The third kappa shape index (κ3) is 4.34. The number of carbonyl (C=O) groups excluding carboxylic acids is 2. The van der Waals surface area contributed by atoms with E-state index >= 15 is 0 Å². The highest BCUT2D eigenvalue weighted by atomic mass is 16.4. The molecular weight excluding hydrogens is 308 g/mol. The molecule has 1 fully saturated rings. The van der Waals surface area contributed by atoms with Crippen LogP contribution >= 0.6 is 0 Å². The molecule has 6 heteroatoms. The van der Waals surface area contributed by atoms with Gasteiger partial charge in [0, 0.05) is 19.0 Å². The van der Waals surface area contributed by atoms with E-state index in [1.54, 1.807) is 25.2 Å². The van der Waals surface area contributed by atoms with Crippen LogP contribution in [0.3, 0.4) is 0 Å². The Labute approximate surface area is 141 Å². The van der Waals surface area contributed by atoms with Crippen molar-refractivity contribution < 1.29 is 19.5 Å². The van der Waals surface area contributed by atoms with Crippen LogP contribution in [0, 0.1) is 0 Å². The molecule has 0 spiro atoms. The molecule has 3 N–H and O–H groups in total. The smallest absolute Gasteiger partial charge is 0.329 e. The minimum atomic E-state index is -1.11. The van der Waals surface area contributed by atoms with Crippen molar-refractivity contribution in [2.75, 3.05) is 7.05 Å². The van der Waals surface area contributed by atoms with E-state index in [0.29, 0.717) is 24.8 Å². The number of amides is 2. The van der Waals surface area contributed by atoms with Crippen LogP contribution in [-0.2, 0) is 16.0 Å². The van der Waals surface area contributed by atoms with Gasteiger partial charge >= 0.3 is 5.97 Å². The topological polar surface area (TPSA) is 95.5 Å². The fourth-order valence-electron chi connectivity index (χ4n) is 3.15. The predicted molar refractivity (Wildman–Crippen MR) is 89.7 cm³/mol. The summed E-state index contributed by atoms with van der Waals surface area (Å²) >= 11 is 0. The zero-order valence-electron chi connectivity index (χ0n) is 13.9. The minimum Gasteiger partial charge on any atom is -0.480 e. The van der Waals surface area contributed by atoms with Gasteiger partial charge in [-0.1, -0.05) is 31.4 Å². The number of aliphatic carboxylic acids is 1. The van der Waals surface area contributed by atoms with Crippen molar-refractivity contribution in [2.45, 2.75) is 50.5 Å². The number of carbonyl (C=O) groups is 3. The fraction of sp³-hybridized carbons (Fsp3) is 0.500. The second kappa shape index (κ2) is 7.95. The van der Waals surface area contributed by atoms with Gasteiger partial charge in [0.2, 0.25) is 5.91 Å². The summed E-state index contributed by atoms with van der Waals surface area (Å²) in [6.07, 6.45) is 4.29. The average molecular weight is 332 g/mol. The SMILES string of the molecule is CNC(=O)c1cccc(CCC(=O)NC2(C(=O)O)CCCCC2)c1. The number of nitrogens with one attached hydrogen (secondary N) is 2. The van der Waals surface area contributed by atoms with Gasteiger partial charge in [-0.2, -0.15) is 0 Å². The van der Waals surface area contributed by atoms with Gasteiger partial charge in [0.15, 0.2) is 0 Å². The van der Waals surface area contributed by atoms with Crippen molar-refractivity contribution in [1.82, 2.24) is 10.6 Å². The molecule has 0 aromatic heterocycles. The maximum Gasteiger partial charge on any atom is 0.329 e. The quantitative estimate of drug-likeness (QED) is 0.741. The van der Waals surface area contributed by atoms with Crippen LogP contribution in [0.15, 0.2) is 24.3 Å². The summed E-state index contributed by atoms with van der Waals surface area (Å²) in [5, 5.41) is 14.8. The number of rotatable bonds is 6. The van der Waals surface area contributed by atoms with Crippen LogP contribution in [0.1, 0.15) is 54.4 Å². The van der Waals surface area contributed by atoms with Crippen LogP contribution in [0.5, 0.6) is 0 Å². The molecule has 1 aromatic rings. The molecule has 0 bridgehead atoms. The van der Waals surface area contributed by atoms with Gasteiger partial charge in [0.25, 0.3) is 5.91 Å². The van der Waals surface area contributed by atoms with Gasteiger partial charge in [-0.3, -0.25) is 9.59 Å². The van der Waals surface area contributed by atoms with Crippen LogP contribution < -0.4 is 10.6 Å². The van der Waals surface area contributed by atoms with E-state index in [1.807, 2.05) is 6.07 Å². The molecule has 0 atom stereocenters. The fourth-order valence-corrected chi connectivity index (χ4v) is 3.15. The summed E-state index contributed by atoms with van der Waals surface area (Å²) < 4.78 is 0. The first kappa shape index (κ1) is 18.0. The van der Waals surface area contributed by atoms with Gasteiger partial charge in [-0.15, -0.1) is 0 Å². The van der Waals surface area contributed by atoms with Crippen molar-refractivity contribution in [3.8, 4) is 0 Å². The van der Waals surface area contributed by atoms with Crippen LogP contribution in [0.2, 0.25) is 0 Å². The van der Waals surface area contributed by atoms with Crippen molar-refractivity contribution in [3.63, 3.8) is 0 Å². The predicted octanol–water partition coefficient (Wildman–Crippen LogP) is 1.88. The lowest BCUT2D eigenvalue weighted by atomic mass is 9.81. The lowest BCUT2D eigenvalue weighted by molar-refractivity contribution is -0.149. The van der Waals surface area contributed by atoms with Crippen LogP contribution in [-0.4, -0.2) is 35.5 Å². The zero-order valence-corrected chi connectivity index (χ0v) is 13.9. The Morgan fingerprint density at radius 1 is 1.17 bits per heavy atom. The molecule has 2 rings (SSSR count). The summed E-state index contributed by atoms with van der Waals surface area (Å²) in [5.74, 6) is -1.38. The molecular formula is C18H24N2O4. The minimum absolute atomic E-state index is 0.173. The van der Waals surface area contributed by atoms with Crippen molar-refractivity contribution in [2.24, 2.45) is 0 Å². The lowest BCUT2D eigenvalue weighted by Gasteiger charge is -2.34. The van der Waals surface area contributed by atoms with Gasteiger partial charge in [-0.05, 0) is 37.0 Å². The summed E-state index contributed by atoms with van der Waals surface area (Å²) in [6.45, 7) is 0. The average Bonchev–Trinajstić information content (AvgIpc) is 2.60. The molecule has 1 aliphatic carbocycles. The molecule has 1 saturated carbocycles. The van der Waals surface area contributed by atoms with Gasteiger partial charge in [-0.25, -0.2) is 4.79 Å². The van der Waals surface area contributed by atoms with E-state index < -0.39 is 11.5 Å². The largest absolute Gasteiger partial charge is 0.480 e. The Morgan fingerprint density at radius 2 is 1.88 bits per heavy atom. The van der Waals surface area contributed by atoms with Crippen molar-refractivity contribution in [3.05, 3.63) is 35.4 Å². The molecule has 24 heavy (non-hydrogen) atoms. The Balaban J connectivity index is 1.95. The van der Waals surface area contributed by atoms with Crippen LogP contribution in [0.25, 0.3) is 0 Å². The molecule has 6 nitrogen and oxygen atoms in total. The number of carboxylic acids is 1. The number of carboxylic acid groups (broad SMARTS) is 1. The third-order valence-corrected chi connectivity index (χ3v) is 4.55. The second-order valence-corrected chi connectivity index (χ2v) is 6.28. The summed E-state index contributed by atoms with van der Waals surface area (Å²) in [6, 6.07) is 7.09. The highest BCUT2D eigenvalue weighted by Gasteiger charge is 2.40. The molecule has 0 aliphatic heterocycles. The van der Waals surface area contributed by atoms with E-state index in [-0.39, 0.29) is 18.2 Å². The molecule has 0 unspecified atom stereocenters. The van der Waals surface area contributed by atoms with E-state index in [9.17, 15) is 19.5 Å². The van der Waals surface area contributed by atoms with Crippen molar-refractivity contribution >= 4 is 17.8 Å². The molecule has 1 aromatic carbocycles. The Bertz CT molecular complexity index is 621. The molecule has 0 heterocycles. The normalized spacial score (nSPS) is 16.2. The van der Waals surface area contributed by atoms with E-state index in [0.717, 1.165) is 24.8 Å². The van der Waals surface area contributed by atoms with E-state index in [2.05, 4.69) is 10.6 Å². The first-order chi connectivity index (χ1) is 11.5. The van der Waals surface area contributed by atoms with E-state index in [4.69, 9.17) is 0 Å². The number of benzene rings is 1. The van der Waals surface area contributed by atoms with Gasteiger partial charge in [0.05, 0.1) is 0 Å². The first-order valence-electron chi connectivity index (χ1n) is 8.32. The summed E-state index contributed by atoms with van der Waals surface area (Å²) in [5.41, 5.74) is 0.309. The molecule has 0 radical (unpaired) electrons. The molecule has 1 aliphatic rings. The highest BCUT2D eigenvalue weighted by molar-refractivity contribution is 5.94. The monoisotopic (exact) mass is 332 g/mol. The number of hydrogen-bond donors (Lipinski definition) is 3.